The minimum absolute atomic E-state index is 0.0236. The molecular weight excluding hydrogens is 290 g/mol. The lowest BCUT2D eigenvalue weighted by Crippen LogP contribution is -2.08. The average Bonchev–Trinajstić information content (AvgIpc) is 2.81. The van der Waals surface area contributed by atoms with E-state index in [1.54, 1.807) is 0 Å². The van der Waals surface area contributed by atoms with Gasteiger partial charge in [-0.1, -0.05) is 6.92 Å². The van der Waals surface area contributed by atoms with Crippen LogP contribution in [0.4, 0.5) is 17.6 Å². The largest absolute Gasteiger partial charge is 0.416 e. The highest BCUT2D eigenvalue weighted by Crippen LogP contribution is 2.33. The fourth-order valence-corrected chi connectivity index (χ4v) is 1.98. The number of alkyl halides is 3. The molecule has 21 heavy (non-hydrogen) atoms. The second kappa shape index (κ2) is 5.80. The normalized spacial score (nSPS) is 11.9. The minimum atomic E-state index is -4.57. The summed E-state index contributed by atoms with van der Waals surface area (Å²) in [4.78, 5) is 0. The first kappa shape index (κ1) is 15.4. The van der Waals surface area contributed by atoms with Gasteiger partial charge in [0.1, 0.15) is 12.4 Å². The molecule has 1 N–H and O–H groups in total. The van der Waals surface area contributed by atoms with Crippen LogP contribution in [-0.4, -0.2) is 19.9 Å². The number of benzene rings is 1. The average molecular weight is 303 g/mol. The second-order valence-corrected chi connectivity index (χ2v) is 4.44. The molecule has 4 nitrogen and oxygen atoms in total. The van der Waals surface area contributed by atoms with Gasteiger partial charge in [-0.05, 0) is 24.6 Å². The van der Waals surface area contributed by atoms with Gasteiger partial charge in [-0.2, -0.15) is 13.2 Å². The van der Waals surface area contributed by atoms with Gasteiger partial charge in [-0.25, -0.2) is 4.39 Å². The summed E-state index contributed by atoms with van der Waals surface area (Å²) < 4.78 is 53.5. The van der Waals surface area contributed by atoms with Crippen LogP contribution in [0.2, 0.25) is 0 Å². The molecule has 1 heterocycles. The Morgan fingerprint density at radius 3 is 2.52 bits per heavy atom. The molecule has 0 unspecified atom stereocenters. The molecule has 0 amide bonds. The Labute approximate surface area is 118 Å². The van der Waals surface area contributed by atoms with Crippen LogP contribution in [0.1, 0.15) is 24.7 Å². The Morgan fingerprint density at radius 2 is 1.95 bits per heavy atom. The SMILES string of the molecule is CCCn1c(CO)nnc1-c1cc(C(F)(F)F)ccc1F. The van der Waals surface area contributed by atoms with Gasteiger partial charge in [0.25, 0.3) is 0 Å². The van der Waals surface area contributed by atoms with Gasteiger partial charge in [0.05, 0.1) is 11.1 Å². The molecule has 0 saturated carbocycles. The Morgan fingerprint density at radius 1 is 1.24 bits per heavy atom. The standard InChI is InChI=1S/C13H13F4N3O/c1-2-5-20-11(7-21)18-19-12(20)9-6-8(13(15,16)17)3-4-10(9)14/h3-4,6,21H,2,5,7H2,1H3. The molecule has 0 aliphatic rings. The lowest BCUT2D eigenvalue weighted by Gasteiger charge is -2.11. The van der Waals surface area contributed by atoms with E-state index in [9.17, 15) is 17.6 Å². The van der Waals surface area contributed by atoms with E-state index >= 15 is 0 Å². The van der Waals surface area contributed by atoms with Crippen molar-refractivity contribution < 1.29 is 22.7 Å². The van der Waals surface area contributed by atoms with Crippen LogP contribution in [0.15, 0.2) is 18.2 Å². The van der Waals surface area contributed by atoms with Gasteiger partial charge in [-0.3, -0.25) is 0 Å². The van der Waals surface area contributed by atoms with Gasteiger partial charge in [0, 0.05) is 6.54 Å². The van der Waals surface area contributed by atoms with Crippen LogP contribution in [0.5, 0.6) is 0 Å². The quantitative estimate of drug-likeness (QED) is 0.883. The monoisotopic (exact) mass is 303 g/mol. The molecule has 1 aromatic carbocycles. The fraction of sp³-hybridized carbons (Fsp3) is 0.385. The van der Waals surface area contributed by atoms with Crippen LogP contribution in [0.25, 0.3) is 11.4 Å². The van der Waals surface area contributed by atoms with Crippen molar-refractivity contribution in [2.75, 3.05) is 0 Å². The van der Waals surface area contributed by atoms with Crippen LogP contribution >= 0.6 is 0 Å². The van der Waals surface area contributed by atoms with Crippen molar-refractivity contribution in [1.82, 2.24) is 14.8 Å². The molecule has 2 aromatic rings. The van der Waals surface area contributed by atoms with Crippen LogP contribution in [-0.2, 0) is 19.3 Å². The summed E-state index contributed by atoms with van der Waals surface area (Å²) in [6.45, 7) is 1.79. The topological polar surface area (TPSA) is 50.9 Å². The molecule has 0 fully saturated rings. The van der Waals surface area contributed by atoms with E-state index in [1.807, 2.05) is 6.92 Å². The third kappa shape index (κ3) is 3.05. The Hall–Kier alpha value is -1.96. The van der Waals surface area contributed by atoms with E-state index in [1.165, 1.54) is 4.57 Å². The molecule has 8 heteroatoms. The summed E-state index contributed by atoms with van der Waals surface area (Å²) >= 11 is 0. The molecular formula is C13H13F4N3O. The number of aliphatic hydroxyl groups excluding tert-OH is 1. The summed E-state index contributed by atoms with van der Waals surface area (Å²) in [6.07, 6.45) is -3.93. The fourth-order valence-electron chi connectivity index (χ4n) is 1.98. The van der Waals surface area contributed by atoms with Crippen LogP contribution < -0.4 is 0 Å². The molecule has 1 aromatic heterocycles. The summed E-state index contributed by atoms with van der Waals surface area (Å²) in [5, 5.41) is 16.5. The third-order valence-corrected chi connectivity index (χ3v) is 2.95. The van der Waals surface area contributed by atoms with Gasteiger partial charge in [0.15, 0.2) is 11.6 Å². The molecule has 0 bridgehead atoms. The van der Waals surface area contributed by atoms with Crippen molar-refractivity contribution >= 4 is 0 Å². The molecule has 0 spiro atoms. The second-order valence-electron chi connectivity index (χ2n) is 4.44. The number of rotatable bonds is 4. The lowest BCUT2D eigenvalue weighted by molar-refractivity contribution is -0.137. The summed E-state index contributed by atoms with van der Waals surface area (Å²) in [5.74, 6) is -0.662. The van der Waals surface area contributed by atoms with Gasteiger partial charge in [-0.15, -0.1) is 10.2 Å². The van der Waals surface area contributed by atoms with Gasteiger partial charge >= 0.3 is 6.18 Å². The first-order valence-electron chi connectivity index (χ1n) is 6.28. The number of halogens is 4. The minimum Gasteiger partial charge on any atom is -0.388 e. The van der Waals surface area contributed by atoms with Crippen molar-refractivity contribution in [2.24, 2.45) is 0 Å². The highest BCUT2D eigenvalue weighted by atomic mass is 19.4. The highest BCUT2D eigenvalue weighted by molar-refractivity contribution is 5.58. The molecule has 2 rings (SSSR count). The Balaban J connectivity index is 2.58. The zero-order chi connectivity index (χ0) is 15.6. The summed E-state index contributed by atoms with van der Waals surface area (Å²) in [7, 11) is 0. The van der Waals surface area contributed by atoms with Crippen molar-refractivity contribution in [3.63, 3.8) is 0 Å². The zero-order valence-electron chi connectivity index (χ0n) is 11.2. The predicted molar refractivity (Wildman–Crippen MR) is 66.6 cm³/mol. The molecule has 114 valence electrons. The summed E-state index contributed by atoms with van der Waals surface area (Å²) in [6, 6.07) is 2.13. The number of hydrogen-bond donors (Lipinski definition) is 1. The first-order valence-corrected chi connectivity index (χ1v) is 6.28. The first-order chi connectivity index (χ1) is 9.88. The third-order valence-electron chi connectivity index (χ3n) is 2.95. The van der Waals surface area contributed by atoms with E-state index in [4.69, 9.17) is 5.11 Å². The van der Waals surface area contributed by atoms with Crippen molar-refractivity contribution in [1.29, 1.82) is 0 Å². The van der Waals surface area contributed by atoms with Crippen LogP contribution in [0, 0.1) is 5.82 Å². The maximum Gasteiger partial charge on any atom is 0.416 e. The number of aromatic nitrogens is 3. The van der Waals surface area contributed by atoms with E-state index in [0.717, 1.165) is 6.07 Å². The smallest absolute Gasteiger partial charge is 0.388 e. The van der Waals surface area contributed by atoms with E-state index < -0.39 is 24.2 Å². The molecule has 0 aliphatic heterocycles. The predicted octanol–water partition coefficient (Wildman–Crippen LogP) is 3.01. The van der Waals surface area contributed by atoms with E-state index in [-0.39, 0.29) is 17.2 Å². The zero-order valence-corrected chi connectivity index (χ0v) is 11.2. The Kier molecular flexibility index (Phi) is 4.26. The van der Waals surface area contributed by atoms with Crippen molar-refractivity contribution in [3.8, 4) is 11.4 Å². The molecule has 0 radical (unpaired) electrons. The van der Waals surface area contributed by atoms with Gasteiger partial charge < -0.3 is 9.67 Å². The number of aliphatic hydroxyl groups is 1. The number of hydrogen-bond acceptors (Lipinski definition) is 3. The van der Waals surface area contributed by atoms with E-state index in [2.05, 4.69) is 10.2 Å². The van der Waals surface area contributed by atoms with Gasteiger partial charge in [0.2, 0.25) is 0 Å². The van der Waals surface area contributed by atoms with Crippen LogP contribution in [0.3, 0.4) is 0 Å². The van der Waals surface area contributed by atoms with E-state index in [0.29, 0.717) is 25.1 Å². The lowest BCUT2D eigenvalue weighted by atomic mass is 10.1. The van der Waals surface area contributed by atoms with Crippen molar-refractivity contribution in [2.45, 2.75) is 32.7 Å². The maximum absolute atomic E-state index is 13.9. The highest BCUT2D eigenvalue weighted by Gasteiger charge is 2.32. The number of nitrogens with zero attached hydrogens (tertiary/aromatic N) is 3. The molecule has 0 atom stereocenters. The Bertz CT molecular complexity index is 637. The van der Waals surface area contributed by atoms with Crippen molar-refractivity contribution in [3.05, 3.63) is 35.4 Å². The molecule has 0 aliphatic carbocycles. The maximum atomic E-state index is 13.9. The summed E-state index contributed by atoms with van der Waals surface area (Å²) in [5.41, 5.74) is -1.25. The molecule has 0 saturated heterocycles.